The zero-order valence-corrected chi connectivity index (χ0v) is 17.8. The number of benzene rings is 2. The van der Waals surface area contributed by atoms with Gasteiger partial charge in [-0.1, -0.05) is 23.5 Å². The van der Waals surface area contributed by atoms with Crippen molar-refractivity contribution in [3.05, 3.63) is 70.2 Å². The maximum Gasteiger partial charge on any atom is 0.286 e. The van der Waals surface area contributed by atoms with Crippen molar-refractivity contribution in [2.24, 2.45) is 0 Å². The Labute approximate surface area is 187 Å². The van der Waals surface area contributed by atoms with Crippen molar-refractivity contribution in [1.82, 2.24) is 15.1 Å². The summed E-state index contributed by atoms with van der Waals surface area (Å²) >= 11 is 1.18. The Morgan fingerprint density at radius 3 is 2.50 bits per heavy atom. The summed E-state index contributed by atoms with van der Waals surface area (Å²) in [6.45, 7) is 0.953. The first kappa shape index (κ1) is 21.8. The van der Waals surface area contributed by atoms with E-state index in [2.05, 4.69) is 15.5 Å². The number of carbonyl (C=O) groups is 2. The van der Waals surface area contributed by atoms with Crippen molar-refractivity contribution in [1.29, 1.82) is 0 Å². The van der Waals surface area contributed by atoms with Crippen molar-refractivity contribution in [3.8, 4) is 5.75 Å². The summed E-state index contributed by atoms with van der Waals surface area (Å²) in [6.07, 6.45) is 1.37. The molecule has 0 atom stereocenters. The smallest absolute Gasteiger partial charge is 0.286 e. The fourth-order valence-electron chi connectivity index (χ4n) is 3.37. The Hall–Kier alpha value is -3.40. The second kappa shape index (κ2) is 9.82. The van der Waals surface area contributed by atoms with Gasteiger partial charge < -0.3 is 15.0 Å². The third-order valence-electron chi connectivity index (χ3n) is 5.13. The van der Waals surface area contributed by atoms with Crippen LogP contribution in [0.2, 0.25) is 0 Å². The fourth-order valence-corrected chi connectivity index (χ4v) is 4.28. The van der Waals surface area contributed by atoms with E-state index in [9.17, 15) is 18.4 Å². The van der Waals surface area contributed by atoms with E-state index < -0.39 is 11.7 Å². The molecule has 2 aromatic carbocycles. The zero-order chi connectivity index (χ0) is 22.5. The number of ether oxygens (including phenoxy) is 1. The van der Waals surface area contributed by atoms with Gasteiger partial charge in [-0.25, -0.2) is 8.78 Å². The highest BCUT2D eigenvalue weighted by atomic mass is 32.1. The van der Waals surface area contributed by atoms with Crippen molar-refractivity contribution < 1.29 is 23.1 Å². The van der Waals surface area contributed by atoms with Gasteiger partial charge in [0.1, 0.15) is 22.4 Å². The van der Waals surface area contributed by atoms with Crippen LogP contribution in [0, 0.1) is 11.6 Å². The SMILES string of the molecule is O=C(Nc1ccccc1F)c1nnc(C2CCN(C(=O)COc3ccc(F)cc3)CC2)s1. The van der Waals surface area contributed by atoms with Gasteiger partial charge in [0, 0.05) is 19.0 Å². The van der Waals surface area contributed by atoms with Crippen LogP contribution in [-0.4, -0.2) is 46.6 Å². The third kappa shape index (κ3) is 5.25. The molecule has 2 amide bonds. The van der Waals surface area contributed by atoms with Crippen molar-refractivity contribution in [2.45, 2.75) is 18.8 Å². The summed E-state index contributed by atoms with van der Waals surface area (Å²) in [7, 11) is 0. The molecule has 166 valence electrons. The van der Waals surface area contributed by atoms with Gasteiger partial charge in [0.2, 0.25) is 5.01 Å². The van der Waals surface area contributed by atoms with Gasteiger partial charge >= 0.3 is 0 Å². The number of aromatic nitrogens is 2. The summed E-state index contributed by atoms with van der Waals surface area (Å²) in [5.41, 5.74) is 0.0870. The van der Waals surface area contributed by atoms with Crippen LogP contribution in [0.4, 0.5) is 14.5 Å². The third-order valence-corrected chi connectivity index (χ3v) is 6.21. The van der Waals surface area contributed by atoms with Crippen LogP contribution in [-0.2, 0) is 4.79 Å². The summed E-state index contributed by atoms with van der Waals surface area (Å²) < 4.78 is 32.1. The molecule has 1 N–H and O–H groups in total. The van der Waals surface area contributed by atoms with Crippen LogP contribution in [0.25, 0.3) is 0 Å². The van der Waals surface area contributed by atoms with E-state index in [0.717, 1.165) is 5.01 Å². The lowest BCUT2D eigenvalue weighted by Gasteiger charge is -2.30. The number of rotatable bonds is 6. The number of hydrogen-bond donors (Lipinski definition) is 1. The Morgan fingerprint density at radius 2 is 1.78 bits per heavy atom. The second-order valence-electron chi connectivity index (χ2n) is 7.28. The zero-order valence-electron chi connectivity index (χ0n) is 17.0. The summed E-state index contributed by atoms with van der Waals surface area (Å²) in [5, 5.41) is 11.5. The van der Waals surface area contributed by atoms with E-state index in [0.29, 0.717) is 31.7 Å². The topological polar surface area (TPSA) is 84.4 Å². The lowest BCUT2D eigenvalue weighted by atomic mass is 9.98. The Balaban J connectivity index is 1.27. The molecule has 0 spiro atoms. The number of hydrogen-bond acceptors (Lipinski definition) is 6. The van der Waals surface area contributed by atoms with Gasteiger partial charge in [-0.05, 0) is 49.2 Å². The molecule has 10 heteroatoms. The van der Waals surface area contributed by atoms with Crippen LogP contribution >= 0.6 is 11.3 Å². The lowest BCUT2D eigenvalue weighted by molar-refractivity contribution is -0.134. The maximum atomic E-state index is 13.7. The minimum absolute atomic E-state index is 0.0870. The summed E-state index contributed by atoms with van der Waals surface area (Å²) in [6, 6.07) is 11.4. The average molecular weight is 458 g/mol. The molecule has 32 heavy (non-hydrogen) atoms. The van der Waals surface area contributed by atoms with Crippen LogP contribution in [0.15, 0.2) is 48.5 Å². The van der Waals surface area contributed by atoms with Crippen LogP contribution in [0.5, 0.6) is 5.75 Å². The van der Waals surface area contributed by atoms with E-state index >= 15 is 0 Å². The van der Waals surface area contributed by atoms with E-state index in [-0.39, 0.29) is 34.9 Å². The predicted molar refractivity (Wildman–Crippen MR) is 115 cm³/mol. The number of piperidine rings is 1. The second-order valence-corrected chi connectivity index (χ2v) is 8.29. The molecule has 2 heterocycles. The largest absolute Gasteiger partial charge is 0.484 e. The molecule has 0 aliphatic carbocycles. The molecule has 1 aliphatic heterocycles. The van der Waals surface area contributed by atoms with Crippen LogP contribution in [0.1, 0.15) is 33.6 Å². The number of anilines is 1. The minimum atomic E-state index is -0.522. The fraction of sp³-hybridized carbons (Fsp3) is 0.273. The van der Waals surface area contributed by atoms with Gasteiger partial charge in [-0.15, -0.1) is 10.2 Å². The lowest BCUT2D eigenvalue weighted by Crippen LogP contribution is -2.40. The number of carbonyl (C=O) groups excluding carboxylic acids is 2. The molecule has 1 aliphatic rings. The molecule has 0 bridgehead atoms. The van der Waals surface area contributed by atoms with Gasteiger partial charge in [0.05, 0.1) is 5.69 Å². The highest BCUT2D eigenvalue weighted by molar-refractivity contribution is 7.13. The quantitative estimate of drug-likeness (QED) is 0.607. The highest BCUT2D eigenvalue weighted by Gasteiger charge is 2.27. The van der Waals surface area contributed by atoms with Crippen LogP contribution in [0.3, 0.4) is 0 Å². The van der Waals surface area contributed by atoms with Crippen molar-refractivity contribution in [2.75, 3.05) is 25.0 Å². The van der Waals surface area contributed by atoms with Gasteiger partial charge in [0.25, 0.3) is 11.8 Å². The van der Waals surface area contributed by atoms with Crippen molar-refractivity contribution in [3.63, 3.8) is 0 Å². The number of nitrogens with one attached hydrogen (secondary N) is 1. The molecule has 7 nitrogen and oxygen atoms in total. The Morgan fingerprint density at radius 1 is 1.06 bits per heavy atom. The van der Waals surface area contributed by atoms with E-state index in [4.69, 9.17) is 4.74 Å². The van der Waals surface area contributed by atoms with Gasteiger partial charge in [0.15, 0.2) is 6.61 Å². The van der Waals surface area contributed by atoms with Gasteiger partial charge in [-0.2, -0.15) is 0 Å². The molecular formula is C22H20F2N4O3S. The van der Waals surface area contributed by atoms with Gasteiger partial charge in [-0.3, -0.25) is 9.59 Å². The molecule has 1 fully saturated rings. The minimum Gasteiger partial charge on any atom is -0.484 e. The number of likely N-dealkylation sites (tertiary alicyclic amines) is 1. The monoisotopic (exact) mass is 458 g/mol. The molecule has 0 radical (unpaired) electrons. The molecule has 1 aromatic heterocycles. The first-order valence-electron chi connectivity index (χ1n) is 10.0. The molecule has 0 saturated carbocycles. The highest BCUT2D eigenvalue weighted by Crippen LogP contribution is 2.30. The normalized spacial score (nSPS) is 14.2. The molecule has 4 rings (SSSR count). The molecule has 3 aromatic rings. The standard InChI is InChI=1S/C22H20F2N4O3S/c23-15-5-7-16(8-6-15)31-13-19(29)28-11-9-14(10-12-28)21-26-27-22(32-21)20(30)25-18-4-2-1-3-17(18)24/h1-8,14H,9-13H2,(H,25,30). The first-order valence-corrected chi connectivity index (χ1v) is 10.9. The summed E-state index contributed by atoms with van der Waals surface area (Å²) in [5.74, 6) is -1.02. The van der Waals surface area contributed by atoms with E-state index in [1.54, 1.807) is 17.0 Å². The van der Waals surface area contributed by atoms with E-state index in [1.807, 2.05) is 0 Å². The maximum absolute atomic E-state index is 13.7. The Kier molecular flexibility index (Phi) is 6.69. The molecule has 0 unspecified atom stereocenters. The summed E-state index contributed by atoms with van der Waals surface area (Å²) in [4.78, 5) is 26.5. The van der Waals surface area contributed by atoms with Crippen LogP contribution < -0.4 is 10.1 Å². The first-order chi connectivity index (χ1) is 15.5. The van der Waals surface area contributed by atoms with E-state index in [1.165, 1.54) is 47.7 Å². The average Bonchev–Trinajstić information content (AvgIpc) is 3.31. The number of para-hydroxylation sites is 1. The number of nitrogens with zero attached hydrogens (tertiary/aromatic N) is 3. The predicted octanol–water partition coefficient (Wildman–Crippen LogP) is 3.85. The van der Waals surface area contributed by atoms with Crippen molar-refractivity contribution >= 4 is 28.8 Å². The number of halogens is 2. The molecule has 1 saturated heterocycles. The number of amides is 2. The Bertz CT molecular complexity index is 1100. The molecular weight excluding hydrogens is 438 g/mol.